The SMILES string of the molecule is Cc1nc(N)sc1C(C)(F)F. The maximum Gasteiger partial charge on any atom is 0.281 e. The fraction of sp³-hybridized carbons (Fsp3) is 0.500. The van der Waals surface area contributed by atoms with Crippen molar-refractivity contribution in [2.24, 2.45) is 0 Å². The molecule has 0 saturated carbocycles. The molecule has 0 fully saturated rings. The van der Waals surface area contributed by atoms with E-state index in [0.29, 0.717) is 5.69 Å². The fourth-order valence-electron chi connectivity index (χ4n) is 0.825. The first-order chi connectivity index (χ1) is 4.91. The Bertz CT molecular complexity index is 264. The van der Waals surface area contributed by atoms with Crippen LogP contribution < -0.4 is 5.73 Å². The van der Waals surface area contributed by atoms with Gasteiger partial charge in [-0.1, -0.05) is 11.3 Å². The molecule has 0 radical (unpaired) electrons. The highest BCUT2D eigenvalue weighted by molar-refractivity contribution is 7.15. The van der Waals surface area contributed by atoms with Gasteiger partial charge in [-0.25, -0.2) is 13.8 Å². The molecule has 11 heavy (non-hydrogen) atoms. The van der Waals surface area contributed by atoms with E-state index >= 15 is 0 Å². The van der Waals surface area contributed by atoms with Gasteiger partial charge in [-0.3, -0.25) is 0 Å². The number of hydrogen-bond acceptors (Lipinski definition) is 3. The molecule has 0 aliphatic carbocycles. The second kappa shape index (κ2) is 2.41. The maximum absolute atomic E-state index is 12.6. The zero-order chi connectivity index (χ0) is 8.65. The van der Waals surface area contributed by atoms with Crippen molar-refractivity contribution in [2.75, 3.05) is 5.73 Å². The summed E-state index contributed by atoms with van der Waals surface area (Å²) in [5.41, 5.74) is 5.57. The minimum absolute atomic E-state index is 0.0463. The van der Waals surface area contributed by atoms with E-state index in [2.05, 4.69) is 4.98 Å². The summed E-state index contributed by atoms with van der Waals surface area (Å²) in [6.07, 6.45) is 0. The van der Waals surface area contributed by atoms with E-state index in [1.165, 1.54) is 6.92 Å². The van der Waals surface area contributed by atoms with E-state index < -0.39 is 5.92 Å². The highest BCUT2D eigenvalue weighted by Gasteiger charge is 2.29. The third kappa shape index (κ3) is 1.65. The van der Waals surface area contributed by atoms with Crippen molar-refractivity contribution in [1.29, 1.82) is 0 Å². The number of thiazole rings is 1. The van der Waals surface area contributed by atoms with E-state index in [-0.39, 0.29) is 10.0 Å². The monoisotopic (exact) mass is 178 g/mol. The number of nitrogens with two attached hydrogens (primary N) is 1. The summed E-state index contributed by atoms with van der Waals surface area (Å²) in [5, 5.41) is 0.194. The van der Waals surface area contributed by atoms with E-state index in [1.54, 1.807) is 0 Å². The van der Waals surface area contributed by atoms with Gasteiger partial charge in [0.05, 0.1) is 10.6 Å². The number of nitrogens with zero attached hydrogens (tertiary/aromatic N) is 1. The Morgan fingerprint density at radius 2 is 2.09 bits per heavy atom. The van der Waals surface area contributed by atoms with Crippen LogP contribution in [0.3, 0.4) is 0 Å². The lowest BCUT2D eigenvalue weighted by Crippen LogP contribution is -2.05. The van der Waals surface area contributed by atoms with E-state index in [9.17, 15) is 8.78 Å². The van der Waals surface area contributed by atoms with Crippen LogP contribution in [0.2, 0.25) is 0 Å². The summed E-state index contributed by atoms with van der Waals surface area (Å²) in [5.74, 6) is -2.82. The number of rotatable bonds is 1. The molecular weight excluding hydrogens is 170 g/mol. The van der Waals surface area contributed by atoms with Gasteiger partial charge < -0.3 is 5.73 Å². The lowest BCUT2D eigenvalue weighted by Gasteiger charge is -2.06. The second-order valence-corrected chi connectivity index (χ2v) is 3.39. The smallest absolute Gasteiger partial charge is 0.281 e. The van der Waals surface area contributed by atoms with Crippen molar-refractivity contribution in [3.8, 4) is 0 Å². The van der Waals surface area contributed by atoms with Crippen LogP contribution in [0.25, 0.3) is 0 Å². The first-order valence-electron chi connectivity index (χ1n) is 3.02. The van der Waals surface area contributed by atoms with Crippen molar-refractivity contribution in [1.82, 2.24) is 4.98 Å². The molecule has 0 aliphatic heterocycles. The second-order valence-electron chi connectivity index (χ2n) is 2.36. The molecule has 1 aromatic rings. The fourth-order valence-corrected chi connectivity index (χ4v) is 1.59. The zero-order valence-electron chi connectivity index (χ0n) is 6.19. The lowest BCUT2D eigenvalue weighted by molar-refractivity contribution is 0.0207. The first kappa shape index (κ1) is 8.39. The molecule has 0 amide bonds. The van der Waals surface area contributed by atoms with Crippen molar-refractivity contribution in [2.45, 2.75) is 19.8 Å². The molecule has 0 aliphatic rings. The summed E-state index contributed by atoms with van der Waals surface area (Å²) in [6, 6.07) is 0. The van der Waals surface area contributed by atoms with Crippen LogP contribution in [0.1, 0.15) is 17.5 Å². The summed E-state index contributed by atoms with van der Waals surface area (Å²) < 4.78 is 25.3. The van der Waals surface area contributed by atoms with Gasteiger partial charge in [0, 0.05) is 6.92 Å². The summed E-state index contributed by atoms with van der Waals surface area (Å²) in [4.78, 5) is 3.65. The average Bonchev–Trinajstić information content (AvgIpc) is 2.08. The van der Waals surface area contributed by atoms with Crippen molar-refractivity contribution < 1.29 is 8.78 Å². The van der Waals surface area contributed by atoms with E-state index in [4.69, 9.17) is 5.73 Å². The van der Waals surface area contributed by atoms with Crippen LogP contribution in [0.15, 0.2) is 0 Å². The van der Waals surface area contributed by atoms with Crippen molar-refractivity contribution in [3.05, 3.63) is 10.6 Å². The zero-order valence-corrected chi connectivity index (χ0v) is 7.01. The molecule has 0 unspecified atom stereocenters. The van der Waals surface area contributed by atoms with Gasteiger partial charge in [-0.2, -0.15) is 0 Å². The third-order valence-electron chi connectivity index (χ3n) is 1.21. The first-order valence-corrected chi connectivity index (χ1v) is 3.84. The Kier molecular flexibility index (Phi) is 1.83. The highest BCUT2D eigenvalue weighted by atomic mass is 32.1. The van der Waals surface area contributed by atoms with Crippen LogP contribution in [-0.4, -0.2) is 4.98 Å². The molecule has 1 heterocycles. The van der Waals surface area contributed by atoms with Crippen LogP contribution in [0.5, 0.6) is 0 Å². The summed E-state index contributed by atoms with van der Waals surface area (Å²) in [6.45, 7) is 2.37. The molecule has 62 valence electrons. The predicted molar refractivity (Wildman–Crippen MR) is 40.8 cm³/mol. The molecule has 0 bridgehead atoms. The van der Waals surface area contributed by atoms with Gasteiger partial charge in [0.25, 0.3) is 5.92 Å². The van der Waals surface area contributed by atoms with E-state index in [0.717, 1.165) is 18.3 Å². The maximum atomic E-state index is 12.6. The third-order valence-corrected chi connectivity index (χ3v) is 2.37. The van der Waals surface area contributed by atoms with E-state index in [1.807, 2.05) is 0 Å². The van der Waals surface area contributed by atoms with Crippen LogP contribution in [-0.2, 0) is 5.92 Å². The molecule has 1 rings (SSSR count). The molecule has 2 N–H and O–H groups in total. The van der Waals surface area contributed by atoms with Crippen LogP contribution in [0.4, 0.5) is 13.9 Å². The Balaban J connectivity index is 3.13. The summed E-state index contributed by atoms with van der Waals surface area (Å²) in [7, 11) is 0. The quantitative estimate of drug-likeness (QED) is 0.715. The number of nitrogen functional groups attached to an aromatic ring is 1. The normalized spacial score (nSPS) is 12.0. The van der Waals surface area contributed by atoms with Crippen molar-refractivity contribution in [3.63, 3.8) is 0 Å². The molecule has 0 atom stereocenters. The molecule has 0 aromatic carbocycles. The molecule has 2 nitrogen and oxygen atoms in total. The van der Waals surface area contributed by atoms with Gasteiger partial charge in [-0.05, 0) is 6.92 Å². The summed E-state index contributed by atoms with van der Waals surface area (Å²) >= 11 is 0.838. The number of aryl methyl sites for hydroxylation is 1. The number of aromatic nitrogens is 1. The van der Waals surface area contributed by atoms with Gasteiger partial charge in [0.15, 0.2) is 5.13 Å². The van der Waals surface area contributed by atoms with Gasteiger partial charge in [-0.15, -0.1) is 0 Å². The minimum atomic E-state index is -2.82. The predicted octanol–water partition coefficient (Wildman–Crippen LogP) is 2.15. The van der Waals surface area contributed by atoms with Crippen LogP contribution in [0, 0.1) is 6.92 Å². The Labute approximate surface area is 67.1 Å². The number of alkyl halides is 2. The van der Waals surface area contributed by atoms with Gasteiger partial charge in [0.2, 0.25) is 0 Å². The molecule has 0 spiro atoms. The molecule has 5 heteroatoms. The number of anilines is 1. The lowest BCUT2D eigenvalue weighted by atomic mass is 10.3. The topological polar surface area (TPSA) is 38.9 Å². The standard InChI is InChI=1S/C6H8F2N2S/c1-3-4(6(2,7)8)11-5(9)10-3/h1-2H3,(H2,9,10). The molecule has 0 saturated heterocycles. The Morgan fingerprint density at radius 3 is 2.27 bits per heavy atom. The van der Waals surface area contributed by atoms with Gasteiger partial charge >= 0.3 is 0 Å². The molecule has 1 aromatic heterocycles. The largest absolute Gasteiger partial charge is 0.375 e. The number of hydrogen-bond donors (Lipinski definition) is 1. The minimum Gasteiger partial charge on any atom is -0.375 e. The van der Waals surface area contributed by atoms with Crippen molar-refractivity contribution >= 4 is 16.5 Å². The Morgan fingerprint density at radius 1 is 1.55 bits per heavy atom. The average molecular weight is 178 g/mol. The number of halogens is 2. The van der Waals surface area contributed by atoms with Gasteiger partial charge in [0.1, 0.15) is 0 Å². The van der Waals surface area contributed by atoms with Crippen LogP contribution >= 0.6 is 11.3 Å². The highest BCUT2D eigenvalue weighted by Crippen LogP contribution is 2.34. The molecular formula is C6H8F2N2S. The Hall–Kier alpha value is -0.710.